The SMILES string of the molecule is [2H]c1c([2H])c([2H])c2c([2H])c(-n3c4ccccc4c4cc(-c5ccc6oc7c(c6c5)-c5cccc6cccc-7c56)ccc43)c([2H])c([2H])c2c1[2H]. The molecule has 2 heterocycles. The Morgan fingerprint density at radius 3 is 2.24 bits per heavy atom. The summed E-state index contributed by atoms with van der Waals surface area (Å²) < 4.78 is 68.7. The van der Waals surface area contributed by atoms with Crippen LogP contribution in [0.2, 0.25) is 0 Å². The second-order valence-corrected chi connectivity index (χ2v) is 10.8. The van der Waals surface area contributed by atoms with Crippen LogP contribution in [0, 0.1) is 0 Å². The molecule has 2 nitrogen and oxygen atoms in total. The number of nitrogens with zero attached hydrogens (tertiary/aromatic N) is 1. The summed E-state index contributed by atoms with van der Waals surface area (Å²) in [5.41, 5.74) is 7.75. The molecule has 9 aromatic rings. The molecular weight excluding hydrogens is 510 g/mol. The molecule has 0 amide bonds. The predicted octanol–water partition coefficient (Wildman–Crippen LogP) is 11.2. The monoisotopic (exact) mass is 540 g/mol. The lowest BCUT2D eigenvalue weighted by atomic mass is 9.98. The fourth-order valence-corrected chi connectivity index (χ4v) is 6.75. The highest BCUT2D eigenvalue weighted by Crippen LogP contribution is 2.52. The molecule has 194 valence electrons. The van der Waals surface area contributed by atoms with Crippen LogP contribution in [0.4, 0.5) is 0 Å². The highest BCUT2D eigenvalue weighted by atomic mass is 16.3. The van der Waals surface area contributed by atoms with E-state index < -0.39 is 18.1 Å². The first-order valence-electron chi connectivity index (χ1n) is 17.4. The zero-order valence-electron chi connectivity index (χ0n) is 29.1. The number of hydrogen-bond donors (Lipinski definition) is 0. The molecule has 0 atom stereocenters. The van der Waals surface area contributed by atoms with Gasteiger partial charge in [-0.15, -0.1) is 0 Å². The Kier molecular flexibility index (Phi) is 3.16. The van der Waals surface area contributed by atoms with Crippen LogP contribution in [0.5, 0.6) is 0 Å². The van der Waals surface area contributed by atoms with Crippen LogP contribution in [0.15, 0.2) is 144 Å². The molecule has 7 aromatic carbocycles. The molecular formula is C40H23NO. The fourth-order valence-electron chi connectivity index (χ4n) is 6.75. The summed E-state index contributed by atoms with van der Waals surface area (Å²) in [6, 6.07) is 30.1. The molecule has 0 unspecified atom stereocenters. The van der Waals surface area contributed by atoms with Gasteiger partial charge in [-0.25, -0.2) is 0 Å². The maximum Gasteiger partial charge on any atom is 0.143 e. The van der Waals surface area contributed by atoms with Crippen LogP contribution in [-0.4, -0.2) is 4.57 Å². The zero-order valence-corrected chi connectivity index (χ0v) is 22.1. The van der Waals surface area contributed by atoms with Gasteiger partial charge in [0.1, 0.15) is 11.3 Å². The number of rotatable bonds is 2. The Hall–Kier alpha value is -5.60. The molecule has 42 heavy (non-hydrogen) atoms. The fraction of sp³-hybridized carbons (Fsp3) is 0. The molecule has 0 saturated carbocycles. The van der Waals surface area contributed by atoms with E-state index in [1.54, 1.807) is 4.57 Å². The summed E-state index contributed by atoms with van der Waals surface area (Å²) in [4.78, 5) is 0. The number of aromatic nitrogens is 1. The van der Waals surface area contributed by atoms with Gasteiger partial charge >= 0.3 is 0 Å². The van der Waals surface area contributed by atoms with Crippen molar-refractivity contribution in [1.29, 1.82) is 0 Å². The van der Waals surface area contributed by atoms with E-state index >= 15 is 0 Å². The second kappa shape index (κ2) is 7.99. The molecule has 0 fully saturated rings. The predicted molar refractivity (Wildman–Crippen MR) is 175 cm³/mol. The van der Waals surface area contributed by atoms with E-state index in [9.17, 15) is 1.37 Å². The molecule has 1 aliphatic carbocycles. The molecule has 0 bridgehead atoms. The number of para-hydroxylation sites is 1. The van der Waals surface area contributed by atoms with Gasteiger partial charge in [0, 0.05) is 38.4 Å². The third kappa shape index (κ3) is 2.88. The molecule has 10 rings (SSSR count). The van der Waals surface area contributed by atoms with E-state index in [1.165, 1.54) is 16.3 Å². The average Bonchev–Trinajstić information content (AvgIpc) is 3.76. The summed E-state index contributed by atoms with van der Waals surface area (Å²) in [7, 11) is 0. The van der Waals surface area contributed by atoms with Gasteiger partial charge in [0.05, 0.1) is 20.6 Å². The maximum atomic E-state index is 9.22. The minimum absolute atomic E-state index is 0.0664. The number of furan rings is 1. The van der Waals surface area contributed by atoms with Crippen LogP contribution in [0.25, 0.3) is 93.6 Å². The Morgan fingerprint density at radius 1 is 0.571 bits per heavy atom. The smallest absolute Gasteiger partial charge is 0.143 e. The van der Waals surface area contributed by atoms with Crippen molar-refractivity contribution >= 4 is 54.3 Å². The molecule has 2 heteroatoms. The van der Waals surface area contributed by atoms with Crippen LogP contribution in [-0.2, 0) is 0 Å². The Morgan fingerprint density at radius 2 is 1.33 bits per heavy atom. The van der Waals surface area contributed by atoms with Gasteiger partial charge in [-0.2, -0.15) is 0 Å². The van der Waals surface area contributed by atoms with E-state index in [1.807, 2.05) is 42.5 Å². The quantitative estimate of drug-likeness (QED) is 0.213. The van der Waals surface area contributed by atoms with E-state index in [-0.39, 0.29) is 40.6 Å². The largest absolute Gasteiger partial charge is 0.455 e. The molecule has 0 N–H and O–H groups in total. The van der Waals surface area contributed by atoms with Crippen molar-refractivity contribution in [2.24, 2.45) is 0 Å². The molecule has 0 aliphatic heterocycles. The zero-order chi connectivity index (χ0) is 33.5. The minimum Gasteiger partial charge on any atom is -0.455 e. The van der Waals surface area contributed by atoms with Crippen LogP contribution < -0.4 is 0 Å². The first-order chi connectivity index (χ1) is 23.7. The van der Waals surface area contributed by atoms with E-state index in [0.29, 0.717) is 0 Å². The van der Waals surface area contributed by atoms with E-state index in [0.717, 1.165) is 60.8 Å². The average molecular weight is 541 g/mol. The van der Waals surface area contributed by atoms with Crippen molar-refractivity contribution in [3.05, 3.63) is 139 Å². The van der Waals surface area contributed by atoms with Gasteiger partial charge in [0.2, 0.25) is 0 Å². The maximum absolute atomic E-state index is 9.22. The van der Waals surface area contributed by atoms with E-state index in [4.69, 9.17) is 12.6 Å². The first-order valence-corrected chi connectivity index (χ1v) is 13.9. The molecule has 1 aliphatic rings. The number of fused-ring (bicyclic) bond motifs is 9. The number of benzene rings is 7. The topological polar surface area (TPSA) is 18.1 Å². The summed E-state index contributed by atoms with van der Waals surface area (Å²) in [5.74, 6) is 0.892. The standard InChI is InChI=1S/C40H23NO/c1-2-8-26-21-29(18-15-24(26)7-1)41-35-14-4-3-11-30(35)33-22-27(16-19-36(33)41)28-17-20-37-34(23-28)39-31-12-5-9-25-10-6-13-32(38(25)31)40(39)42-37/h1-23H/i1D,2D,7D,8D,15D,18D,21D. The van der Waals surface area contributed by atoms with Gasteiger partial charge in [-0.05, 0) is 75.3 Å². The van der Waals surface area contributed by atoms with Gasteiger partial charge in [-0.1, -0.05) is 96.9 Å². The summed E-state index contributed by atoms with van der Waals surface area (Å²) >= 11 is 0. The summed E-state index contributed by atoms with van der Waals surface area (Å²) in [6.07, 6.45) is 0. The number of hydrogen-bond acceptors (Lipinski definition) is 1. The highest BCUT2D eigenvalue weighted by molar-refractivity contribution is 6.20. The molecule has 0 radical (unpaired) electrons. The van der Waals surface area contributed by atoms with Gasteiger partial charge in [0.25, 0.3) is 0 Å². The summed E-state index contributed by atoms with van der Waals surface area (Å²) in [5, 5.41) is 5.04. The Bertz CT molecular complexity index is 2970. The van der Waals surface area contributed by atoms with Gasteiger partial charge in [0.15, 0.2) is 0 Å². The van der Waals surface area contributed by atoms with Crippen molar-refractivity contribution in [1.82, 2.24) is 4.57 Å². The Labute approximate surface area is 251 Å². The third-order valence-corrected chi connectivity index (χ3v) is 8.57. The second-order valence-electron chi connectivity index (χ2n) is 10.8. The molecule has 2 aromatic heterocycles. The van der Waals surface area contributed by atoms with Crippen LogP contribution in [0.3, 0.4) is 0 Å². The minimum atomic E-state index is -0.484. The lowest BCUT2D eigenvalue weighted by Crippen LogP contribution is -1.93. The highest BCUT2D eigenvalue weighted by Gasteiger charge is 2.27. The van der Waals surface area contributed by atoms with Gasteiger partial charge in [-0.3, -0.25) is 0 Å². The van der Waals surface area contributed by atoms with Crippen molar-refractivity contribution in [3.8, 4) is 39.3 Å². The van der Waals surface area contributed by atoms with Crippen molar-refractivity contribution in [2.75, 3.05) is 0 Å². The van der Waals surface area contributed by atoms with Crippen molar-refractivity contribution < 1.29 is 14.0 Å². The summed E-state index contributed by atoms with van der Waals surface area (Å²) in [6.45, 7) is 0. The van der Waals surface area contributed by atoms with Crippen LogP contribution in [0.1, 0.15) is 9.60 Å². The van der Waals surface area contributed by atoms with Crippen molar-refractivity contribution in [3.63, 3.8) is 0 Å². The van der Waals surface area contributed by atoms with Crippen LogP contribution >= 0.6 is 0 Å². The normalized spacial score (nSPS) is 14.6. The van der Waals surface area contributed by atoms with Crippen molar-refractivity contribution in [2.45, 2.75) is 0 Å². The third-order valence-electron chi connectivity index (χ3n) is 8.57. The Balaban J connectivity index is 1.21. The molecule has 0 saturated heterocycles. The van der Waals surface area contributed by atoms with Gasteiger partial charge < -0.3 is 8.98 Å². The lowest BCUT2D eigenvalue weighted by Gasteiger charge is -2.10. The molecule has 0 spiro atoms. The lowest BCUT2D eigenvalue weighted by molar-refractivity contribution is 0.634. The first kappa shape index (κ1) is 16.6. The van der Waals surface area contributed by atoms with E-state index in [2.05, 4.69) is 54.6 Å².